The minimum absolute atomic E-state index is 0.315. The second kappa shape index (κ2) is 6.79. The van der Waals surface area contributed by atoms with Crippen molar-refractivity contribution in [1.82, 2.24) is 4.90 Å². The number of carbonyl (C=O) groups is 1. The number of ether oxygens (including phenoxy) is 1. The van der Waals surface area contributed by atoms with Crippen LogP contribution in [0.5, 0.6) is 0 Å². The van der Waals surface area contributed by atoms with Crippen molar-refractivity contribution in [1.29, 1.82) is 0 Å². The van der Waals surface area contributed by atoms with Crippen LogP contribution in [0.2, 0.25) is 0 Å². The molecule has 0 aliphatic heterocycles. The largest absolute Gasteiger partial charge is 0.481 e. The zero-order valence-electron chi connectivity index (χ0n) is 9.49. The molecule has 4 nitrogen and oxygen atoms in total. The molecule has 0 aromatic heterocycles. The topological polar surface area (TPSA) is 49.8 Å². The number of aliphatic carboxylic acids is 1. The molecule has 2 atom stereocenters. The Morgan fingerprint density at radius 3 is 2.50 bits per heavy atom. The first-order valence-corrected chi connectivity index (χ1v) is 4.91. The van der Waals surface area contributed by atoms with Gasteiger partial charge in [0.2, 0.25) is 0 Å². The van der Waals surface area contributed by atoms with Crippen molar-refractivity contribution < 1.29 is 14.6 Å². The van der Waals surface area contributed by atoms with Gasteiger partial charge in [-0.05, 0) is 20.4 Å². The van der Waals surface area contributed by atoms with Gasteiger partial charge in [-0.25, -0.2) is 0 Å². The van der Waals surface area contributed by atoms with Crippen molar-refractivity contribution in [2.45, 2.75) is 26.3 Å². The van der Waals surface area contributed by atoms with Crippen LogP contribution >= 0.6 is 0 Å². The Hall–Kier alpha value is -0.610. The van der Waals surface area contributed by atoms with Gasteiger partial charge in [0.1, 0.15) is 0 Å². The molecule has 0 aromatic rings. The highest BCUT2D eigenvalue weighted by molar-refractivity contribution is 5.69. The van der Waals surface area contributed by atoms with E-state index in [0.29, 0.717) is 19.2 Å². The first-order valence-electron chi connectivity index (χ1n) is 4.91. The van der Waals surface area contributed by atoms with Crippen molar-refractivity contribution in [2.24, 2.45) is 5.92 Å². The Morgan fingerprint density at radius 2 is 2.07 bits per heavy atom. The summed E-state index contributed by atoms with van der Waals surface area (Å²) in [7, 11) is 3.62. The van der Waals surface area contributed by atoms with Gasteiger partial charge in [-0.15, -0.1) is 0 Å². The Kier molecular flexibility index (Phi) is 6.49. The van der Waals surface area contributed by atoms with Gasteiger partial charge in [-0.3, -0.25) is 4.79 Å². The van der Waals surface area contributed by atoms with E-state index in [1.54, 1.807) is 14.0 Å². The van der Waals surface area contributed by atoms with Crippen LogP contribution < -0.4 is 0 Å². The van der Waals surface area contributed by atoms with Crippen molar-refractivity contribution in [3.8, 4) is 0 Å². The second-order valence-electron chi connectivity index (χ2n) is 3.81. The van der Waals surface area contributed by atoms with Crippen molar-refractivity contribution in [3.05, 3.63) is 0 Å². The molecular formula is C10H21NO3. The molecule has 2 unspecified atom stereocenters. The normalized spacial score (nSPS) is 15.5. The van der Waals surface area contributed by atoms with E-state index in [1.165, 1.54) is 0 Å². The van der Waals surface area contributed by atoms with E-state index in [0.717, 1.165) is 6.42 Å². The van der Waals surface area contributed by atoms with Crippen LogP contribution in [0.25, 0.3) is 0 Å². The third kappa shape index (κ3) is 5.19. The molecular weight excluding hydrogens is 182 g/mol. The zero-order chi connectivity index (χ0) is 11.1. The number of nitrogens with zero attached hydrogens (tertiary/aromatic N) is 1. The Morgan fingerprint density at radius 1 is 1.50 bits per heavy atom. The molecule has 0 aliphatic rings. The van der Waals surface area contributed by atoms with Crippen LogP contribution in [0.1, 0.15) is 20.3 Å². The number of hydrogen-bond acceptors (Lipinski definition) is 3. The van der Waals surface area contributed by atoms with Crippen molar-refractivity contribution in [3.63, 3.8) is 0 Å². The first-order chi connectivity index (χ1) is 6.49. The number of hydrogen-bond donors (Lipinski definition) is 1. The van der Waals surface area contributed by atoms with Crippen LogP contribution in [0, 0.1) is 5.92 Å². The molecule has 0 spiro atoms. The smallest absolute Gasteiger partial charge is 0.307 e. The summed E-state index contributed by atoms with van der Waals surface area (Å²) in [5.41, 5.74) is 0. The molecule has 84 valence electrons. The van der Waals surface area contributed by atoms with E-state index >= 15 is 0 Å². The van der Waals surface area contributed by atoms with Crippen LogP contribution in [0.4, 0.5) is 0 Å². The summed E-state index contributed by atoms with van der Waals surface area (Å²) in [6.45, 7) is 5.10. The minimum Gasteiger partial charge on any atom is -0.481 e. The predicted molar refractivity (Wildman–Crippen MR) is 55.4 cm³/mol. The molecule has 0 saturated carbocycles. The third-order valence-electron chi connectivity index (χ3n) is 2.48. The van der Waals surface area contributed by atoms with Gasteiger partial charge in [0, 0.05) is 26.3 Å². The van der Waals surface area contributed by atoms with E-state index in [4.69, 9.17) is 9.84 Å². The van der Waals surface area contributed by atoms with Gasteiger partial charge >= 0.3 is 5.97 Å². The molecule has 0 amide bonds. The summed E-state index contributed by atoms with van der Waals surface area (Å²) < 4.78 is 4.97. The lowest BCUT2D eigenvalue weighted by molar-refractivity contribution is -0.141. The first kappa shape index (κ1) is 13.4. The quantitative estimate of drug-likeness (QED) is 0.672. The number of rotatable bonds is 7. The third-order valence-corrected chi connectivity index (χ3v) is 2.48. The lowest BCUT2D eigenvalue weighted by atomic mass is 10.1. The van der Waals surface area contributed by atoms with Gasteiger partial charge in [0.25, 0.3) is 0 Å². The van der Waals surface area contributed by atoms with Gasteiger partial charge < -0.3 is 14.7 Å². The average Bonchev–Trinajstić information content (AvgIpc) is 2.13. The summed E-state index contributed by atoms with van der Waals surface area (Å²) in [5.74, 6) is -1.05. The maximum atomic E-state index is 10.6. The standard InChI is InChI=1S/C10H21NO3/c1-8(10(12)13)7-11(3)9(2)5-6-14-4/h8-9H,5-7H2,1-4H3,(H,12,13). The molecule has 0 aliphatic carbocycles. The molecule has 0 aromatic carbocycles. The van der Waals surface area contributed by atoms with Gasteiger partial charge in [0.05, 0.1) is 5.92 Å². The SMILES string of the molecule is COCCC(C)N(C)CC(C)C(=O)O. The van der Waals surface area contributed by atoms with E-state index in [-0.39, 0.29) is 5.92 Å². The Labute approximate surface area is 85.9 Å². The number of carboxylic acids is 1. The van der Waals surface area contributed by atoms with Crippen molar-refractivity contribution >= 4 is 5.97 Å². The number of carboxylic acid groups (broad SMARTS) is 1. The second-order valence-corrected chi connectivity index (χ2v) is 3.81. The summed E-state index contributed by atoms with van der Waals surface area (Å²) >= 11 is 0. The molecule has 0 heterocycles. The van der Waals surface area contributed by atoms with Crippen LogP contribution in [0.3, 0.4) is 0 Å². The number of methoxy groups -OCH3 is 1. The van der Waals surface area contributed by atoms with Crippen LogP contribution in [-0.2, 0) is 9.53 Å². The molecule has 0 fully saturated rings. The fourth-order valence-electron chi connectivity index (χ4n) is 1.20. The van der Waals surface area contributed by atoms with E-state index in [9.17, 15) is 4.79 Å². The van der Waals surface area contributed by atoms with Gasteiger partial charge in [-0.2, -0.15) is 0 Å². The fraction of sp³-hybridized carbons (Fsp3) is 0.900. The summed E-state index contributed by atoms with van der Waals surface area (Å²) in [6.07, 6.45) is 0.930. The van der Waals surface area contributed by atoms with E-state index < -0.39 is 5.97 Å². The van der Waals surface area contributed by atoms with Crippen LogP contribution in [0.15, 0.2) is 0 Å². The minimum atomic E-state index is -0.740. The zero-order valence-corrected chi connectivity index (χ0v) is 9.49. The Bertz CT molecular complexity index is 173. The maximum absolute atomic E-state index is 10.6. The summed E-state index contributed by atoms with van der Waals surface area (Å²) in [6, 6.07) is 0.358. The molecule has 0 bridgehead atoms. The van der Waals surface area contributed by atoms with Gasteiger partial charge in [-0.1, -0.05) is 6.92 Å². The monoisotopic (exact) mass is 203 g/mol. The molecule has 0 rings (SSSR count). The fourth-order valence-corrected chi connectivity index (χ4v) is 1.20. The predicted octanol–water partition coefficient (Wildman–Crippen LogP) is 1.06. The van der Waals surface area contributed by atoms with E-state index in [1.807, 2.05) is 7.05 Å². The lowest BCUT2D eigenvalue weighted by Gasteiger charge is -2.25. The summed E-state index contributed by atoms with van der Waals surface area (Å²) in [5, 5.41) is 8.74. The highest BCUT2D eigenvalue weighted by Gasteiger charge is 2.16. The molecule has 14 heavy (non-hydrogen) atoms. The van der Waals surface area contributed by atoms with E-state index in [2.05, 4.69) is 11.8 Å². The highest BCUT2D eigenvalue weighted by Crippen LogP contribution is 2.05. The summed E-state index contributed by atoms with van der Waals surface area (Å²) in [4.78, 5) is 12.7. The van der Waals surface area contributed by atoms with Crippen molar-refractivity contribution in [2.75, 3.05) is 27.3 Å². The molecule has 4 heteroatoms. The molecule has 0 radical (unpaired) electrons. The molecule has 0 saturated heterocycles. The highest BCUT2D eigenvalue weighted by atomic mass is 16.5. The van der Waals surface area contributed by atoms with Crippen LogP contribution in [-0.4, -0.2) is 49.3 Å². The molecule has 1 N–H and O–H groups in total. The maximum Gasteiger partial charge on any atom is 0.307 e. The van der Waals surface area contributed by atoms with Gasteiger partial charge in [0.15, 0.2) is 0 Å². The average molecular weight is 203 g/mol. The Balaban J connectivity index is 3.81. The lowest BCUT2D eigenvalue weighted by Crippen LogP contribution is -2.35.